The standard InChI is InChI=1S/C11H8FNO/c12-11-5-2-1-4-10(11,7-13)8-3-6-14-9(8)11/h1-6,8-9H/t8-,9+,10-,11+/m0/s1. The van der Waals surface area contributed by atoms with Gasteiger partial charge in [-0.15, -0.1) is 0 Å². The van der Waals surface area contributed by atoms with Crippen LogP contribution in [0.1, 0.15) is 0 Å². The maximum absolute atomic E-state index is 14.4. The minimum Gasteiger partial charge on any atom is -0.494 e. The van der Waals surface area contributed by atoms with E-state index in [4.69, 9.17) is 10.00 Å². The molecule has 0 aromatic carbocycles. The maximum Gasteiger partial charge on any atom is 0.189 e. The zero-order chi connectivity index (χ0) is 9.81. The summed E-state index contributed by atoms with van der Waals surface area (Å²) in [6.45, 7) is 0. The number of hydrogen-bond acceptors (Lipinski definition) is 2. The molecule has 1 saturated carbocycles. The second-order valence-corrected chi connectivity index (χ2v) is 3.88. The highest BCUT2D eigenvalue weighted by molar-refractivity contribution is 5.47. The lowest BCUT2D eigenvalue weighted by Gasteiger charge is -2.55. The molecule has 0 spiro atoms. The van der Waals surface area contributed by atoms with E-state index in [9.17, 15) is 4.39 Å². The van der Waals surface area contributed by atoms with Crippen molar-refractivity contribution in [3.05, 3.63) is 36.6 Å². The highest BCUT2D eigenvalue weighted by Crippen LogP contribution is 2.63. The fourth-order valence-corrected chi connectivity index (χ4v) is 2.62. The Balaban J connectivity index is 2.15. The monoisotopic (exact) mass is 189 g/mol. The van der Waals surface area contributed by atoms with E-state index in [-0.39, 0.29) is 5.92 Å². The molecule has 0 saturated heterocycles. The van der Waals surface area contributed by atoms with Gasteiger partial charge in [-0.2, -0.15) is 5.26 Å². The molecule has 2 nitrogen and oxygen atoms in total. The normalized spacial score (nSPS) is 51.4. The Hall–Kier alpha value is -1.56. The molecule has 1 aliphatic heterocycles. The van der Waals surface area contributed by atoms with E-state index < -0.39 is 17.2 Å². The Morgan fingerprint density at radius 2 is 2.14 bits per heavy atom. The number of rotatable bonds is 0. The summed E-state index contributed by atoms with van der Waals surface area (Å²) in [5, 5.41) is 9.12. The van der Waals surface area contributed by atoms with Crippen LogP contribution in [0.15, 0.2) is 36.6 Å². The number of ether oxygens (including phenoxy) is 1. The van der Waals surface area contributed by atoms with E-state index >= 15 is 0 Å². The number of hydrogen-bond donors (Lipinski definition) is 0. The number of allylic oxidation sites excluding steroid dienone is 3. The number of halogens is 1. The first kappa shape index (κ1) is 7.81. The summed E-state index contributed by atoms with van der Waals surface area (Å²) in [7, 11) is 0. The van der Waals surface area contributed by atoms with E-state index in [0.29, 0.717) is 0 Å². The smallest absolute Gasteiger partial charge is 0.189 e. The van der Waals surface area contributed by atoms with Crippen molar-refractivity contribution >= 4 is 0 Å². The molecule has 3 rings (SSSR count). The average molecular weight is 189 g/mol. The van der Waals surface area contributed by atoms with E-state index in [1.165, 1.54) is 12.3 Å². The molecule has 2 aliphatic carbocycles. The van der Waals surface area contributed by atoms with Gasteiger partial charge in [-0.25, -0.2) is 4.39 Å². The molecular formula is C11H8FNO. The molecule has 0 bridgehead atoms. The Morgan fingerprint density at radius 1 is 1.36 bits per heavy atom. The average Bonchev–Trinajstić information content (AvgIpc) is 2.64. The summed E-state index contributed by atoms with van der Waals surface area (Å²) in [4.78, 5) is 0. The van der Waals surface area contributed by atoms with Gasteiger partial charge < -0.3 is 4.74 Å². The van der Waals surface area contributed by atoms with Crippen LogP contribution in [-0.4, -0.2) is 11.8 Å². The van der Waals surface area contributed by atoms with Crippen LogP contribution in [0.3, 0.4) is 0 Å². The van der Waals surface area contributed by atoms with Crippen LogP contribution in [0.25, 0.3) is 0 Å². The van der Waals surface area contributed by atoms with Crippen molar-refractivity contribution in [1.29, 1.82) is 5.26 Å². The molecule has 70 valence electrons. The molecule has 0 aromatic rings. The quantitative estimate of drug-likeness (QED) is 0.582. The van der Waals surface area contributed by atoms with Crippen molar-refractivity contribution in [2.75, 3.05) is 0 Å². The van der Waals surface area contributed by atoms with Crippen LogP contribution < -0.4 is 0 Å². The van der Waals surface area contributed by atoms with Crippen LogP contribution in [0.2, 0.25) is 0 Å². The first-order chi connectivity index (χ1) is 6.74. The van der Waals surface area contributed by atoms with Gasteiger partial charge in [0.2, 0.25) is 0 Å². The van der Waals surface area contributed by atoms with Crippen LogP contribution in [-0.2, 0) is 4.74 Å². The van der Waals surface area contributed by atoms with Crippen LogP contribution in [0.5, 0.6) is 0 Å². The van der Waals surface area contributed by atoms with E-state index in [1.54, 1.807) is 24.3 Å². The summed E-state index contributed by atoms with van der Waals surface area (Å²) in [5.41, 5.74) is -2.69. The Kier molecular flexibility index (Phi) is 1.16. The zero-order valence-electron chi connectivity index (χ0n) is 7.35. The molecule has 0 N–H and O–H groups in total. The van der Waals surface area contributed by atoms with Crippen LogP contribution in [0, 0.1) is 22.7 Å². The van der Waals surface area contributed by atoms with E-state index in [1.807, 2.05) is 0 Å². The van der Waals surface area contributed by atoms with Crippen LogP contribution >= 0.6 is 0 Å². The highest BCUT2D eigenvalue weighted by Gasteiger charge is 2.74. The Labute approximate surface area is 81.0 Å². The largest absolute Gasteiger partial charge is 0.494 e. The molecule has 4 atom stereocenters. The van der Waals surface area contributed by atoms with E-state index in [2.05, 4.69) is 6.07 Å². The topological polar surface area (TPSA) is 33.0 Å². The van der Waals surface area contributed by atoms with Gasteiger partial charge in [0, 0.05) is 5.92 Å². The van der Waals surface area contributed by atoms with Crippen molar-refractivity contribution in [2.24, 2.45) is 11.3 Å². The SMILES string of the molecule is N#C[C@]12C=CC=C[C@@]1(F)[C@@H]1OC=C[C@@H]12. The summed E-state index contributed by atoms with van der Waals surface area (Å²) in [6, 6.07) is 2.08. The minimum atomic E-state index is -1.65. The fraction of sp³-hybridized carbons (Fsp3) is 0.364. The zero-order valence-corrected chi connectivity index (χ0v) is 7.35. The van der Waals surface area contributed by atoms with Gasteiger partial charge in [0.25, 0.3) is 0 Å². The van der Waals surface area contributed by atoms with Gasteiger partial charge >= 0.3 is 0 Å². The lowest BCUT2D eigenvalue weighted by molar-refractivity contribution is -0.150. The second kappa shape index (κ2) is 2.09. The number of fused-ring (bicyclic) bond motifs is 4. The second-order valence-electron chi connectivity index (χ2n) is 3.88. The third-order valence-corrected chi connectivity index (χ3v) is 3.41. The first-order valence-electron chi connectivity index (χ1n) is 4.54. The van der Waals surface area contributed by atoms with E-state index in [0.717, 1.165) is 0 Å². The van der Waals surface area contributed by atoms with Gasteiger partial charge in [-0.05, 0) is 12.2 Å². The molecule has 1 fully saturated rings. The molecule has 0 radical (unpaired) electrons. The van der Waals surface area contributed by atoms with Crippen molar-refractivity contribution < 1.29 is 9.13 Å². The molecule has 0 amide bonds. The molecule has 0 unspecified atom stereocenters. The third-order valence-electron chi connectivity index (χ3n) is 3.41. The van der Waals surface area contributed by atoms with Crippen LogP contribution in [0.4, 0.5) is 4.39 Å². The number of nitrogens with zero attached hydrogens (tertiary/aromatic N) is 1. The summed E-state index contributed by atoms with van der Waals surface area (Å²) < 4.78 is 19.6. The predicted molar refractivity (Wildman–Crippen MR) is 47.7 cm³/mol. The number of alkyl halides is 1. The molecule has 3 heteroatoms. The third kappa shape index (κ3) is 0.542. The molecule has 1 heterocycles. The summed E-state index contributed by atoms with van der Waals surface area (Å²) in [5.74, 6) is -0.140. The lowest BCUT2D eigenvalue weighted by Crippen LogP contribution is -2.68. The maximum atomic E-state index is 14.4. The van der Waals surface area contributed by atoms with Crippen molar-refractivity contribution in [3.63, 3.8) is 0 Å². The van der Waals surface area contributed by atoms with Gasteiger partial charge in [-0.3, -0.25) is 0 Å². The minimum absolute atomic E-state index is 0.140. The van der Waals surface area contributed by atoms with Gasteiger partial charge in [-0.1, -0.05) is 18.2 Å². The fourth-order valence-electron chi connectivity index (χ4n) is 2.62. The molecular weight excluding hydrogens is 181 g/mol. The molecule has 14 heavy (non-hydrogen) atoms. The van der Waals surface area contributed by atoms with Crippen molar-refractivity contribution in [1.82, 2.24) is 0 Å². The lowest BCUT2D eigenvalue weighted by atomic mass is 9.48. The van der Waals surface area contributed by atoms with Crippen molar-refractivity contribution in [3.8, 4) is 6.07 Å². The Morgan fingerprint density at radius 3 is 2.93 bits per heavy atom. The number of nitriles is 1. The highest BCUT2D eigenvalue weighted by atomic mass is 19.1. The molecule has 3 aliphatic rings. The molecule has 0 aromatic heterocycles. The van der Waals surface area contributed by atoms with Gasteiger partial charge in [0.05, 0.1) is 12.3 Å². The van der Waals surface area contributed by atoms with Crippen molar-refractivity contribution in [2.45, 2.75) is 11.8 Å². The van der Waals surface area contributed by atoms with Gasteiger partial charge in [0.15, 0.2) is 5.67 Å². The summed E-state index contributed by atoms with van der Waals surface area (Å²) in [6.07, 6.45) is 9.20. The summed E-state index contributed by atoms with van der Waals surface area (Å²) >= 11 is 0. The Bertz CT molecular complexity index is 419. The first-order valence-corrected chi connectivity index (χ1v) is 4.54. The van der Waals surface area contributed by atoms with Gasteiger partial charge in [0.1, 0.15) is 11.5 Å². The predicted octanol–water partition coefficient (Wildman–Crippen LogP) is 1.87.